The first-order valence-corrected chi connectivity index (χ1v) is 10.6. The van der Waals surface area contributed by atoms with Gasteiger partial charge in [-0.2, -0.15) is 0 Å². The minimum Gasteiger partial charge on any atom is -0.462 e. The van der Waals surface area contributed by atoms with Gasteiger partial charge in [0, 0.05) is 17.1 Å². The Kier molecular flexibility index (Phi) is 6.22. The number of carbonyl (C=O) groups is 3. The highest BCUT2D eigenvalue weighted by Crippen LogP contribution is 2.34. The van der Waals surface area contributed by atoms with Gasteiger partial charge < -0.3 is 9.30 Å². The lowest BCUT2D eigenvalue weighted by Gasteiger charge is -2.14. The minimum absolute atomic E-state index is 0.302. The van der Waals surface area contributed by atoms with Crippen LogP contribution < -0.4 is 0 Å². The van der Waals surface area contributed by atoms with Crippen molar-refractivity contribution >= 4 is 35.0 Å². The molecular formula is C23H26N2O4S. The molecule has 2 heterocycles. The third-order valence-corrected chi connectivity index (χ3v) is 6.01. The number of thioether (sulfide) groups is 1. The molecule has 30 heavy (non-hydrogen) atoms. The third kappa shape index (κ3) is 4.21. The molecule has 6 nitrogen and oxygen atoms in total. The quantitative estimate of drug-likeness (QED) is 0.512. The van der Waals surface area contributed by atoms with Gasteiger partial charge in [-0.25, -0.2) is 0 Å². The second-order valence-electron chi connectivity index (χ2n) is 7.69. The molecule has 3 rings (SSSR count). The van der Waals surface area contributed by atoms with Crippen molar-refractivity contribution in [2.45, 2.75) is 47.6 Å². The van der Waals surface area contributed by atoms with Crippen molar-refractivity contribution in [2.75, 3.05) is 6.54 Å². The molecule has 0 N–H and O–H groups in total. The van der Waals surface area contributed by atoms with E-state index in [4.69, 9.17) is 4.74 Å². The molecule has 7 heteroatoms. The first-order chi connectivity index (χ1) is 14.1. The smallest absolute Gasteiger partial charge is 0.326 e. The van der Waals surface area contributed by atoms with E-state index >= 15 is 0 Å². The maximum absolute atomic E-state index is 12.7. The molecule has 1 saturated heterocycles. The lowest BCUT2D eigenvalue weighted by atomic mass is 10.1. The summed E-state index contributed by atoms with van der Waals surface area (Å²) in [7, 11) is 0. The summed E-state index contributed by atoms with van der Waals surface area (Å²) in [6.45, 7) is 11.2. The predicted octanol–water partition coefficient (Wildman–Crippen LogP) is 4.70. The molecule has 1 aromatic carbocycles. The summed E-state index contributed by atoms with van der Waals surface area (Å²) < 4.78 is 7.20. The lowest BCUT2D eigenvalue weighted by Crippen LogP contribution is -2.35. The van der Waals surface area contributed by atoms with Crippen LogP contribution in [0, 0.1) is 27.7 Å². The fraction of sp³-hybridized carbons (Fsp3) is 0.348. The number of amides is 2. The Morgan fingerprint density at radius 3 is 2.53 bits per heavy atom. The fourth-order valence-corrected chi connectivity index (χ4v) is 4.32. The summed E-state index contributed by atoms with van der Waals surface area (Å²) in [6, 6.07) is 8.17. The summed E-state index contributed by atoms with van der Waals surface area (Å²) in [6.07, 6.45) is 1.42. The van der Waals surface area contributed by atoms with Gasteiger partial charge in [0.1, 0.15) is 6.54 Å². The van der Waals surface area contributed by atoms with Crippen LogP contribution >= 0.6 is 11.8 Å². The Hall–Kier alpha value is -2.80. The summed E-state index contributed by atoms with van der Waals surface area (Å²) >= 11 is 0.844. The molecule has 0 unspecified atom stereocenters. The highest BCUT2D eigenvalue weighted by Gasteiger charge is 2.37. The normalized spacial score (nSPS) is 15.6. The number of imide groups is 1. The maximum Gasteiger partial charge on any atom is 0.326 e. The van der Waals surface area contributed by atoms with E-state index in [1.165, 1.54) is 11.1 Å². The van der Waals surface area contributed by atoms with Crippen LogP contribution in [0.2, 0.25) is 0 Å². The van der Waals surface area contributed by atoms with Gasteiger partial charge in [-0.05, 0) is 88.2 Å². The zero-order valence-electron chi connectivity index (χ0n) is 18.1. The molecule has 2 amide bonds. The Bertz CT molecular complexity index is 1070. The minimum atomic E-state index is -0.596. The number of carbonyl (C=O) groups excluding carboxylic acids is 3. The average Bonchev–Trinajstić information content (AvgIpc) is 3.07. The molecule has 0 atom stereocenters. The Morgan fingerprint density at radius 2 is 1.87 bits per heavy atom. The number of rotatable bonds is 5. The average molecular weight is 427 g/mol. The summed E-state index contributed by atoms with van der Waals surface area (Å²) in [5.41, 5.74) is 6.36. The van der Waals surface area contributed by atoms with Crippen LogP contribution in [-0.2, 0) is 14.3 Å². The van der Waals surface area contributed by atoms with E-state index in [-0.39, 0.29) is 12.6 Å². The predicted molar refractivity (Wildman–Crippen MR) is 119 cm³/mol. The van der Waals surface area contributed by atoms with Crippen molar-refractivity contribution in [3.05, 3.63) is 57.2 Å². The van der Waals surface area contributed by atoms with Crippen LogP contribution in [0.15, 0.2) is 29.2 Å². The van der Waals surface area contributed by atoms with Crippen LogP contribution in [0.3, 0.4) is 0 Å². The third-order valence-electron chi connectivity index (χ3n) is 5.10. The molecule has 0 spiro atoms. The molecule has 1 aliphatic rings. The van der Waals surface area contributed by atoms with Crippen LogP contribution in [0.25, 0.3) is 11.8 Å². The Balaban J connectivity index is 1.91. The lowest BCUT2D eigenvalue weighted by molar-refractivity contribution is -0.149. The van der Waals surface area contributed by atoms with E-state index in [0.717, 1.165) is 39.3 Å². The maximum atomic E-state index is 12.7. The van der Waals surface area contributed by atoms with Crippen LogP contribution in [0.1, 0.15) is 41.9 Å². The second-order valence-corrected chi connectivity index (χ2v) is 8.68. The number of benzene rings is 1. The molecule has 158 valence electrons. The number of esters is 1. The molecular weight excluding hydrogens is 400 g/mol. The highest BCUT2D eigenvalue weighted by molar-refractivity contribution is 8.18. The molecule has 1 fully saturated rings. The summed E-state index contributed by atoms with van der Waals surface area (Å²) in [4.78, 5) is 38.1. The topological polar surface area (TPSA) is 68.6 Å². The Labute approximate surface area is 180 Å². The Morgan fingerprint density at radius 1 is 1.17 bits per heavy atom. The van der Waals surface area contributed by atoms with Gasteiger partial charge >= 0.3 is 5.97 Å². The molecule has 1 aromatic heterocycles. The molecule has 2 aromatic rings. The van der Waals surface area contributed by atoms with E-state index in [1.807, 2.05) is 26.0 Å². The number of hydrogen-bond acceptors (Lipinski definition) is 5. The highest BCUT2D eigenvalue weighted by atomic mass is 32.2. The van der Waals surface area contributed by atoms with Gasteiger partial charge in [-0.3, -0.25) is 19.3 Å². The zero-order chi connectivity index (χ0) is 22.2. The SMILES string of the molecule is Cc1cccc(-n2c(C)cc(/C=C3\SC(=O)N(CC(=O)OC(C)C)C3=O)c2C)c1C. The van der Waals surface area contributed by atoms with E-state index < -0.39 is 17.1 Å². The van der Waals surface area contributed by atoms with E-state index in [1.54, 1.807) is 19.9 Å². The number of aromatic nitrogens is 1. The van der Waals surface area contributed by atoms with Crippen molar-refractivity contribution in [3.8, 4) is 5.69 Å². The number of nitrogens with zero attached hydrogens (tertiary/aromatic N) is 2. The first-order valence-electron chi connectivity index (χ1n) is 9.80. The monoisotopic (exact) mass is 426 g/mol. The molecule has 0 aliphatic carbocycles. The number of aryl methyl sites for hydroxylation is 2. The van der Waals surface area contributed by atoms with Crippen LogP contribution in [0.4, 0.5) is 4.79 Å². The van der Waals surface area contributed by atoms with Gasteiger partial charge in [-0.1, -0.05) is 12.1 Å². The molecule has 0 saturated carbocycles. The molecule has 0 radical (unpaired) electrons. The van der Waals surface area contributed by atoms with Crippen LogP contribution in [-0.4, -0.2) is 39.2 Å². The first kappa shape index (κ1) is 21.9. The van der Waals surface area contributed by atoms with Crippen molar-refractivity contribution in [1.29, 1.82) is 0 Å². The van der Waals surface area contributed by atoms with Crippen molar-refractivity contribution in [2.24, 2.45) is 0 Å². The largest absolute Gasteiger partial charge is 0.462 e. The standard InChI is InChI=1S/C23H26N2O4S/c1-13(2)29-21(26)12-24-22(27)20(30-23(24)28)11-18-10-15(4)25(17(18)6)19-9-7-8-14(3)16(19)5/h7-11,13H,12H2,1-6H3/b20-11-. The van der Waals surface area contributed by atoms with E-state index in [0.29, 0.717) is 4.91 Å². The fourth-order valence-electron chi connectivity index (χ4n) is 3.49. The van der Waals surface area contributed by atoms with Crippen molar-refractivity contribution < 1.29 is 19.1 Å². The van der Waals surface area contributed by atoms with Gasteiger partial charge in [0.15, 0.2) is 0 Å². The summed E-state index contributed by atoms with van der Waals surface area (Å²) in [5.74, 6) is -1.07. The van der Waals surface area contributed by atoms with Gasteiger partial charge in [-0.15, -0.1) is 0 Å². The van der Waals surface area contributed by atoms with E-state index in [9.17, 15) is 14.4 Å². The van der Waals surface area contributed by atoms with E-state index in [2.05, 4.69) is 30.5 Å². The van der Waals surface area contributed by atoms with Gasteiger partial charge in [0.2, 0.25) is 0 Å². The van der Waals surface area contributed by atoms with Crippen LogP contribution in [0.5, 0.6) is 0 Å². The second kappa shape index (κ2) is 8.52. The number of ether oxygens (including phenoxy) is 1. The zero-order valence-corrected chi connectivity index (χ0v) is 18.9. The summed E-state index contributed by atoms with van der Waals surface area (Å²) in [5, 5.41) is -0.463. The van der Waals surface area contributed by atoms with Gasteiger partial charge in [0.05, 0.1) is 11.0 Å². The molecule has 1 aliphatic heterocycles. The van der Waals surface area contributed by atoms with Crippen molar-refractivity contribution in [1.82, 2.24) is 9.47 Å². The molecule has 0 bridgehead atoms. The van der Waals surface area contributed by atoms with Gasteiger partial charge in [0.25, 0.3) is 11.1 Å². The number of hydrogen-bond donors (Lipinski definition) is 0. The van der Waals surface area contributed by atoms with Crippen molar-refractivity contribution in [3.63, 3.8) is 0 Å².